The monoisotopic (exact) mass is 340 g/mol. The summed E-state index contributed by atoms with van der Waals surface area (Å²) in [7, 11) is 1.54. The van der Waals surface area contributed by atoms with Gasteiger partial charge in [0.25, 0.3) is 5.56 Å². The number of aromatic nitrogens is 2. The second kappa shape index (κ2) is 6.68. The first-order chi connectivity index (χ1) is 11.5. The largest absolute Gasteiger partial charge is 0.420 e. The lowest BCUT2D eigenvalue weighted by Crippen LogP contribution is -2.21. The minimum Gasteiger partial charge on any atom is -0.420 e. The third-order valence-electron chi connectivity index (χ3n) is 3.39. The highest BCUT2D eigenvalue weighted by Gasteiger charge is 2.16. The normalized spacial score (nSPS) is 10.4. The Kier molecular flexibility index (Phi) is 4.44. The zero-order valence-corrected chi connectivity index (χ0v) is 13.5. The summed E-state index contributed by atoms with van der Waals surface area (Å²) in [6.45, 7) is 0. The molecule has 5 nitrogen and oxygen atoms in total. The molecule has 0 unspecified atom stereocenters. The molecule has 0 aliphatic heterocycles. The van der Waals surface area contributed by atoms with E-state index in [-0.39, 0.29) is 11.3 Å². The first kappa shape index (κ1) is 16.0. The van der Waals surface area contributed by atoms with Crippen LogP contribution < -0.4 is 10.3 Å². The molecule has 120 valence electrons. The molecule has 0 amide bonds. The number of benzene rings is 2. The number of hydrogen-bond donors (Lipinski definition) is 0. The van der Waals surface area contributed by atoms with Gasteiger partial charge >= 0.3 is 5.97 Å². The van der Waals surface area contributed by atoms with Crippen LogP contribution in [0.2, 0.25) is 5.02 Å². The van der Waals surface area contributed by atoms with Gasteiger partial charge in [0.15, 0.2) is 5.75 Å². The van der Waals surface area contributed by atoms with Gasteiger partial charge in [-0.05, 0) is 24.3 Å². The lowest BCUT2D eigenvalue weighted by atomic mass is 10.1. The van der Waals surface area contributed by atoms with E-state index in [1.807, 2.05) is 30.3 Å². The number of hydrogen-bond acceptors (Lipinski definition) is 4. The van der Waals surface area contributed by atoms with Crippen LogP contribution in [0.4, 0.5) is 0 Å². The summed E-state index contributed by atoms with van der Waals surface area (Å²) in [5.74, 6) is -0.469. The van der Waals surface area contributed by atoms with Gasteiger partial charge in [0.2, 0.25) is 0 Å². The van der Waals surface area contributed by atoms with Crippen molar-refractivity contribution in [2.45, 2.75) is 0 Å². The fourth-order valence-corrected chi connectivity index (χ4v) is 2.27. The molecule has 24 heavy (non-hydrogen) atoms. The number of halogens is 1. The predicted molar refractivity (Wildman–Crippen MR) is 91.3 cm³/mol. The zero-order chi connectivity index (χ0) is 17.1. The molecule has 0 aliphatic rings. The van der Waals surface area contributed by atoms with Gasteiger partial charge in [-0.15, -0.1) is 0 Å². The van der Waals surface area contributed by atoms with Gasteiger partial charge < -0.3 is 4.74 Å². The number of rotatable bonds is 3. The quantitative estimate of drug-likeness (QED) is 0.686. The Morgan fingerprint density at radius 3 is 2.42 bits per heavy atom. The van der Waals surface area contributed by atoms with Gasteiger partial charge in [0.05, 0.1) is 11.6 Å². The smallest absolute Gasteiger partial charge is 0.343 e. The fourth-order valence-electron chi connectivity index (χ4n) is 2.14. The van der Waals surface area contributed by atoms with E-state index in [9.17, 15) is 9.59 Å². The van der Waals surface area contributed by atoms with Crippen molar-refractivity contribution in [1.82, 2.24) is 9.78 Å². The van der Waals surface area contributed by atoms with E-state index in [2.05, 4.69) is 5.10 Å². The fraction of sp³-hybridized carbons (Fsp3) is 0.0556. The summed E-state index contributed by atoms with van der Waals surface area (Å²) in [6, 6.07) is 16.8. The van der Waals surface area contributed by atoms with Crippen LogP contribution in [-0.2, 0) is 7.05 Å². The number of ether oxygens (including phenoxy) is 1. The van der Waals surface area contributed by atoms with E-state index in [0.717, 1.165) is 5.56 Å². The maximum absolute atomic E-state index is 12.3. The zero-order valence-electron chi connectivity index (χ0n) is 12.8. The number of esters is 1. The summed E-state index contributed by atoms with van der Waals surface area (Å²) in [4.78, 5) is 24.2. The van der Waals surface area contributed by atoms with Crippen LogP contribution in [0.25, 0.3) is 11.3 Å². The molecule has 0 saturated heterocycles. The second-order valence-electron chi connectivity index (χ2n) is 5.08. The van der Waals surface area contributed by atoms with Crippen molar-refractivity contribution >= 4 is 17.6 Å². The topological polar surface area (TPSA) is 61.2 Å². The predicted octanol–water partition coefficient (Wildman–Crippen LogP) is 3.32. The molecule has 0 N–H and O–H groups in total. The molecule has 0 fully saturated rings. The van der Waals surface area contributed by atoms with E-state index < -0.39 is 5.97 Å². The van der Waals surface area contributed by atoms with Crippen molar-refractivity contribution < 1.29 is 9.53 Å². The average Bonchev–Trinajstić information content (AvgIpc) is 2.59. The van der Waals surface area contributed by atoms with Crippen molar-refractivity contribution in [3.63, 3.8) is 0 Å². The molecule has 6 heteroatoms. The second-order valence-corrected chi connectivity index (χ2v) is 5.52. The van der Waals surface area contributed by atoms with Gasteiger partial charge in [0.1, 0.15) is 5.69 Å². The minimum absolute atomic E-state index is 0.115. The van der Waals surface area contributed by atoms with Gasteiger partial charge in [-0.25, -0.2) is 9.48 Å². The Morgan fingerprint density at radius 2 is 1.75 bits per heavy atom. The van der Waals surface area contributed by atoms with Crippen molar-refractivity contribution in [3.8, 4) is 17.0 Å². The lowest BCUT2D eigenvalue weighted by molar-refractivity contribution is 0.0734. The first-order valence-corrected chi connectivity index (χ1v) is 7.54. The van der Waals surface area contributed by atoms with Crippen molar-refractivity contribution in [2.75, 3.05) is 0 Å². The highest BCUT2D eigenvalue weighted by molar-refractivity contribution is 6.30. The van der Waals surface area contributed by atoms with Crippen LogP contribution in [-0.4, -0.2) is 15.7 Å². The standard InChI is InChI=1S/C18H13ClN2O3/c1-21-16(22)11-15(17(20-21)12-5-3-2-4-6-12)24-18(23)13-7-9-14(19)10-8-13/h2-11H,1H3. The molecular weight excluding hydrogens is 328 g/mol. The van der Waals surface area contributed by atoms with E-state index in [1.54, 1.807) is 31.3 Å². The Bertz CT molecular complexity index is 935. The van der Waals surface area contributed by atoms with Crippen LogP contribution in [0.15, 0.2) is 65.5 Å². The first-order valence-electron chi connectivity index (χ1n) is 7.16. The van der Waals surface area contributed by atoms with E-state index in [1.165, 1.54) is 10.7 Å². The Balaban J connectivity index is 2.01. The van der Waals surface area contributed by atoms with Crippen LogP contribution in [0.1, 0.15) is 10.4 Å². The molecule has 3 aromatic rings. The highest BCUT2D eigenvalue weighted by atomic mass is 35.5. The molecule has 0 aliphatic carbocycles. The van der Waals surface area contributed by atoms with Crippen molar-refractivity contribution in [3.05, 3.63) is 81.6 Å². The summed E-state index contributed by atoms with van der Waals surface area (Å²) < 4.78 is 6.60. The minimum atomic E-state index is -0.584. The Morgan fingerprint density at radius 1 is 1.08 bits per heavy atom. The lowest BCUT2D eigenvalue weighted by Gasteiger charge is -2.10. The summed E-state index contributed by atoms with van der Waals surface area (Å²) >= 11 is 5.81. The molecule has 1 aromatic heterocycles. The number of nitrogens with zero attached hydrogens (tertiary/aromatic N) is 2. The molecule has 0 atom stereocenters. The highest BCUT2D eigenvalue weighted by Crippen LogP contribution is 2.26. The van der Waals surface area contributed by atoms with Gasteiger partial charge in [-0.1, -0.05) is 41.9 Å². The molecule has 0 bridgehead atoms. The van der Waals surface area contributed by atoms with Gasteiger partial charge in [-0.3, -0.25) is 4.79 Å². The molecular formula is C18H13ClN2O3. The van der Waals surface area contributed by atoms with E-state index >= 15 is 0 Å². The summed E-state index contributed by atoms with van der Waals surface area (Å²) in [6.07, 6.45) is 0. The maximum atomic E-state index is 12.3. The Hall–Kier alpha value is -2.92. The molecule has 0 spiro atoms. The Labute approximate surface area is 143 Å². The molecule has 0 saturated carbocycles. The average molecular weight is 341 g/mol. The third-order valence-corrected chi connectivity index (χ3v) is 3.64. The van der Waals surface area contributed by atoms with Crippen LogP contribution in [0.5, 0.6) is 5.75 Å². The van der Waals surface area contributed by atoms with Crippen molar-refractivity contribution in [2.24, 2.45) is 7.05 Å². The number of carbonyl (C=O) groups excluding carboxylic acids is 1. The van der Waals surface area contributed by atoms with E-state index in [0.29, 0.717) is 16.3 Å². The molecule has 3 rings (SSSR count). The number of aryl methyl sites for hydroxylation is 1. The molecule has 1 heterocycles. The summed E-state index contributed by atoms with van der Waals surface area (Å²) in [5.41, 5.74) is 1.12. The summed E-state index contributed by atoms with van der Waals surface area (Å²) in [5, 5.41) is 4.73. The van der Waals surface area contributed by atoms with Crippen LogP contribution in [0, 0.1) is 0 Å². The third kappa shape index (κ3) is 3.36. The SMILES string of the molecule is Cn1nc(-c2ccccc2)c(OC(=O)c2ccc(Cl)cc2)cc1=O. The van der Waals surface area contributed by atoms with Gasteiger partial charge in [-0.2, -0.15) is 5.10 Å². The molecule has 0 radical (unpaired) electrons. The number of carbonyl (C=O) groups is 1. The van der Waals surface area contributed by atoms with Crippen LogP contribution in [0.3, 0.4) is 0 Å². The van der Waals surface area contributed by atoms with Crippen LogP contribution >= 0.6 is 11.6 Å². The molecule has 2 aromatic carbocycles. The maximum Gasteiger partial charge on any atom is 0.343 e. The van der Waals surface area contributed by atoms with Crippen molar-refractivity contribution in [1.29, 1.82) is 0 Å². The van der Waals surface area contributed by atoms with Gasteiger partial charge in [0, 0.05) is 17.6 Å². The van der Waals surface area contributed by atoms with E-state index in [4.69, 9.17) is 16.3 Å².